The Bertz CT molecular complexity index is 481. The molecule has 2 rings (SSSR count). The van der Waals surface area contributed by atoms with Crippen LogP contribution in [0.5, 0.6) is 0 Å². The molecule has 118 valence electrons. The number of hydrogen-bond acceptors (Lipinski definition) is 5. The van der Waals surface area contributed by atoms with Crippen molar-refractivity contribution in [3.05, 3.63) is 18.1 Å². The summed E-state index contributed by atoms with van der Waals surface area (Å²) in [4.78, 5) is 9.06. The lowest BCUT2D eigenvalue weighted by atomic mass is 9.96. The minimum absolute atomic E-state index is 0.0703. The van der Waals surface area contributed by atoms with Crippen LogP contribution in [-0.4, -0.2) is 41.2 Å². The summed E-state index contributed by atoms with van der Waals surface area (Å²) in [6.07, 6.45) is 3.21. The van der Waals surface area contributed by atoms with E-state index < -0.39 is 0 Å². The van der Waals surface area contributed by atoms with Gasteiger partial charge in [-0.3, -0.25) is 0 Å². The maximum atomic E-state index is 5.43. The van der Waals surface area contributed by atoms with Crippen LogP contribution in [0, 0.1) is 0 Å². The van der Waals surface area contributed by atoms with Gasteiger partial charge in [-0.1, -0.05) is 39.4 Å². The lowest BCUT2D eigenvalue weighted by Gasteiger charge is -2.37. The molecule has 21 heavy (non-hydrogen) atoms. The van der Waals surface area contributed by atoms with E-state index >= 15 is 0 Å². The van der Waals surface area contributed by atoms with Crippen molar-refractivity contribution in [2.24, 2.45) is 0 Å². The molecule has 1 aliphatic rings. The molecule has 0 amide bonds. The average Bonchev–Trinajstić information content (AvgIpc) is 2.95. The average molecular weight is 292 g/mol. The Labute approximate surface area is 128 Å². The van der Waals surface area contributed by atoms with Crippen LogP contribution >= 0.6 is 0 Å². The van der Waals surface area contributed by atoms with Gasteiger partial charge in [0.2, 0.25) is 0 Å². The third-order valence-corrected chi connectivity index (χ3v) is 4.28. The summed E-state index contributed by atoms with van der Waals surface area (Å²) in [5.74, 6) is 0.774. The topological polar surface area (TPSA) is 45.4 Å². The molecule has 1 saturated heterocycles. The van der Waals surface area contributed by atoms with Crippen molar-refractivity contribution in [3.8, 4) is 0 Å². The Kier molecular flexibility index (Phi) is 4.59. The Morgan fingerprint density at radius 1 is 1.38 bits per heavy atom. The molecule has 2 heterocycles. The highest BCUT2D eigenvalue weighted by Crippen LogP contribution is 2.25. The molecule has 1 aromatic heterocycles. The zero-order chi connectivity index (χ0) is 15.6. The van der Waals surface area contributed by atoms with Gasteiger partial charge in [0.05, 0.1) is 0 Å². The van der Waals surface area contributed by atoms with Gasteiger partial charge >= 0.3 is 6.01 Å². The fraction of sp³-hybridized carbons (Fsp3) is 0.750. The summed E-state index contributed by atoms with van der Waals surface area (Å²) >= 11 is 0. The minimum Gasteiger partial charge on any atom is -0.375 e. The molecule has 0 bridgehead atoms. The molecule has 0 unspecified atom stereocenters. The molecule has 5 nitrogen and oxygen atoms in total. The Balaban J connectivity index is 1.95. The maximum absolute atomic E-state index is 5.43. The molecule has 5 heteroatoms. The number of piperidine rings is 1. The van der Waals surface area contributed by atoms with Gasteiger partial charge in [0.25, 0.3) is 0 Å². The van der Waals surface area contributed by atoms with Crippen molar-refractivity contribution < 1.29 is 4.52 Å². The Hall–Kier alpha value is -1.52. The molecule has 1 aromatic rings. The Morgan fingerprint density at radius 3 is 2.48 bits per heavy atom. The van der Waals surface area contributed by atoms with Crippen LogP contribution < -0.4 is 4.90 Å². The predicted molar refractivity (Wildman–Crippen MR) is 85.4 cm³/mol. The lowest BCUT2D eigenvalue weighted by Crippen LogP contribution is -2.43. The largest absolute Gasteiger partial charge is 0.375 e. The van der Waals surface area contributed by atoms with Crippen LogP contribution in [0.25, 0.3) is 0 Å². The van der Waals surface area contributed by atoms with E-state index in [0.29, 0.717) is 12.1 Å². The second kappa shape index (κ2) is 6.08. The molecule has 0 N–H and O–H groups in total. The van der Waals surface area contributed by atoms with Crippen LogP contribution in [0.1, 0.15) is 52.8 Å². The normalized spacial score (nSPS) is 17.1. The van der Waals surface area contributed by atoms with E-state index in [1.807, 2.05) is 0 Å². The van der Waals surface area contributed by atoms with Gasteiger partial charge in [-0.15, -0.1) is 0 Å². The number of nitrogens with zero attached hydrogens (tertiary/aromatic N) is 4. The molecule has 1 fully saturated rings. The molecule has 0 aromatic carbocycles. The van der Waals surface area contributed by atoms with Crippen molar-refractivity contribution in [1.29, 1.82) is 0 Å². The number of rotatable bonds is 4. The van der Waals surface area contributed by atoms with Gasteiger partial charge in [0.1, 0.15) is 0 Å². The second-order valence-electron chi connectivity index (χ2n) is 6.90. The number of hydrogen-bond donors (Lipinski definition) is 0. The molecule has 0 saturated carbocycles. The SMILES string of the molecule is C=C(CC)N(C)C1CCN(c2nc(C(C)(C)C)no2)CC1. The standard InChI is InChI=1S/C16H28N4O/c1-7-12(2)19(6)13-8-10-20(11-9-13)15-17-14(18-21-15)16(3,4)5/h13H,2,7-11H2,1,3-6H3. The van der Waals surface area contributed by atoms with E-state index in [0.717, 1.165) is 38.2 Å². The van der Waals surface area contributed by atoms with Crippen LogP contribution in [0.3, 0.4) is 0 Å². The van der Waals surface area contributed by atoms with E-state index in [-0.39, 0.29) is 5.41 Å². The zero-order valence-electron chi connectivity index (χ0n) is 14.0. The van der Waals surface area contributed by atoms with Gasteiger partial charge in [-0.05, 0) is 19.3 Å². The van der Waals surface area contributed by atoms with E-state index in [4.69, 9.17) is 4.52 Å². The predicted octanol–water partition coefficient (Wildman–Crippen LogP) is 3.19. The number of allylic oxidation sites excluding steroid dienone is 1. The van der Waals surface area contributed by atoms with E-state index in [1.54, 1.807) is 0 Å². The van der Waals surface area contributed by atoms with E-state index in [1.165, 1.54) is 5.70 Å². The van der Waals surface area contributed by atoms with Crippen molar-refractivity contribution in [1.82, 2.24) is 15.0 Å². The molecule has 0 aliphatic carbocycles. The first-order chi connectivity index (χ1) is 9.82. The van der Waals surface area contributed by atoms with Gasteiger partial charge in [0, 0.05) is 37.3 Å². The van der Waals surface area contributed by atoms with Crippen LogP contribution in [0.4, 0.5) is 6.01 Å². The Morgan fingerprint density at radius 2 is 2.00 bits per heavy atom. The lowest BCUT2D eigenvalue weighted by molar-refractivity contribution is 0.247. The summed E-state index contributed by atoms with van der Waals surface area (Å²) in [5, 5.41) is 4.11. The van der Waals surface area contributed by atoms with Crippen molar-refractivity contribution in [3.63, 3.8) is 0 Å². The molecule has 1 aliphatic heterocycles. The highest BCUT2D eigenvalue weighted by molar-refractivity contribution is 5.27. The monoisotopic (exact) mass is 292 g/mol. The highest BCUT2D eigenvalue weighted by Gasteiger charge is 2.27. The fourth-order valence-electron chi connectivity index (χ4n) is 2.60. The quantitative estimate of drug-likeness (QED) is 0.853. The first kappa shape index (κ1) is 15.9. The summed E-state index contributed by atoms with van der Waals surface area (Å²) in [6.45, 7) is 14.5. The fourth-order valence-corrected chi connectivity index (χ4v) is 2.60. The summed E-state index contributed by atoms with van der Waals surface area (Å²) in [7, 11) is 2.15. The first-order valence-corrected chi connectivity index (χ1v) is 7.82. The van der Waals surface area contributed by atoms with Crippen molar-refractivity contribution in [2.75, 3.05) is 25.0 Å². The number of anilines is 1. The van der Waals surface area contributed by atoms with Crippen LogP contribution in [0.15, 0.2) is 16.8 Å². The van der Waals surface area contributed by atoms with Crippen LogP contribution in [0.2, 0.25) is 0 Å². The molecular formula is C16H28N4O. The molecule has 0 atom stereocenters. The maximum Gasteiger partial charge on any atom is 0.324 e. The molecule has 0 spiro atoms. The van der Waals surface area contributed by atoms with Crippen molar-refractivity contribution >= 4 is 6.01 Å². The summed E-state index contributed by atoms with van der Waals surface area (Å²) < 4.78 is 5.43. The van der Waals surface area contributed by atoms with Gasteiger partial charge < -0.3 is 14.3 Å². The van der Waals surface area contributed by atoms with Gasteiger partial charge in [-0.25, -0.2) is 0 Å². The first-order valence-electron chi connectivity index (χ1n) is 7.82. The van der Waals surface area contributed by atoms with Gasteiger partial charge in [-0.2, -0.15) is 4.98 Å². The zero-order valence-corrected chi connectivity index (χ0v) is 14.0. The van der Waals surface area contributed by atoms with E-state index in [2.05, 4.69) is 61.3 Å². The molecular weight excluding hydrogens is 264 g/mol. The smallest absolute Gasteiger partial charge is 0.324 e. The summed E-state index contributed by atoms with van der Waals surface area (Å²) in [6, 6.07) is 1.23. The minimum atomic E-state index is -0.0703. The third-order valence-electron chi connectivity index (χ3n) is 4.28. The third kappa shape index (κ3) is 3.57. The van der Waals surface area contributed by atoms with Gasteiger partial charge in [0.15, 0.2) is 5.82 Å². The van der Waals surface area contributed by atoms with Crippen LogP contribution in [-0.2, 0) is 5.41 Å². The summed E-state index contributed by atoms with van der Waals surface area (Å²) in [5.41, 5.74) is 1.14. The second-order valence-corrected chi connectivity index (χ2v) is 6.90. The highest BCUT2D eigenvalue weighted by atomic mass is 16.5. The van der Waals surface area contributed by atoms with E-state index in [9.17, 15) is 0 Å². The molecule has 0 radical (unpaired) electrons. The number of aromatic nitrogens is 2. The van der Waals surface area contributed by atoms with Crippen molar-refractivity contribution in [2.45, 2.75) is 58.4 Å².